The van der Waals surface area contributed by atoms with E-state index in [2.05, 4.69) is 26.2 Å². The molecule has 8 heteroatoms. The topological polar surface area (TPSA) is 77.5 Å². The van der Waals surface area contributed by atoms with E-state index in [1.165, 1.54) is 6.20 Å². The van der Waals surface area contributed by atoms with Crippen LogP contribution in [0.4, 0.5) is 10.6 Å². The van der Waals surface area contributed by atoms with Crippen molar-refractivity contribution in [3.8, 4) is 5.75 Å². The molecule has 27 heavy (non-hydrogen) atoms. The summed E-state index contributed by atoms with van der Waals surface area (Å²) in [6, 6.07) is 10.3. The van der Waals surface area contributed by atoms with E-state index in [1.54, 1.807) is 64.3 Å². The molecule has 0 aliphatic rings. The highest BCUT2D eigenvalue weighted by Crippen LogP contribution is 2.29. The number of halogens is 2. The lowest BCUT2D eigenvalue weighted by Gasteiger charge is -2.19. The van der Waals surface area contributed by atoms with E-state index in [0.29, 0.717) is 22.7 Å². The fourth-order valence-corrected chi connectivity index (χ4v) is 2.70. The first-order chi connectivity index (χ1) is 12.2. The molecule has 0 spiro atoms. The third-order valence-corrected chi connectivity index (χ3v) is 4.23. The maximum Gasteiger partial charge on any atom is 0.413 e. The minimum atomic E-state index is -0.609. The number of Topliss-reactive ketones (excluding diaryl/α,β-unsaturated/α-hetero) is 1. The second-order valence-electron chi connectivity index (χ2n) is 6.56. The molecule has 0 radical (unpaired) electrons. The molecule has 1 heterocycles. The van der Waals surface area contributed by atoms with Crippen LogP contribution in [0.3, 0.4) is 0 Å². The molecule has 0 aliphatic carbocycles. The molecule has 0 fully saturated rings. The molecular formula is C19H22Br2N2O4. The molecule has 1 atom stereocenters. The normalized spacial score (nSPS) is 11.7. The summed E-state index contributed by atoms with van der Waals surface area (Å²) in [5.74, 6) is 0.788. The number of nitrogens with zero attached hydrogens (tertiary/aromatic N) is 1. The van der Waals surface area contributed by atoms with Gasteiger partial charge in [0.2, 0.25) is 0 Å². The van der Waals surface area contributed by atoms with Gasteiger partial charge in [-0.15, -0.1) is 17.0 Å². The van der Waals surface area contributed by atoms with Crippen LogP contribution in [0.5, 0.6) is 5.75 Å². The lowest BCUT2D eigenvalue weighted by molar-refractivity contribution is 0.0635. The lowest BCUT2D eigenvalue weighted by atomic mass is 10.0. The number of anilines is 1. The molecule has 0 saturated carbocycles. The highest BCUT2D eigenvalue weighted by Gasteiger charge is 2.21. The van der Waals surface area contributed by atoms with E-state index < -0.39 is 16.5 Å². The number of amides is 1. The number of hydrogen-bond acceptors (Lipinski definition) is 5. The van der Waals surface area contributed by atoms with E-state index in [9.17, 15) is 9.59 Å². The van der Waals surface area contributed by atoms with Crippen molar-refractivity contribution in [2.45, 2.75) is 31.2 Å². The first-order valence-electron chi connectivity index (χ1n) is 7.98. The van der Waals surface area contributed by atoms with Crippen LogP contribution >= 0.6 is 32.9 Å². The van der Waals surface area contributed by atoms with Gasteiger partial charge in [0, 0.05) is 11.8 Å². The van der Waals surface area contributed by atoms with Crippen molar-refractivity contribution in [3.63, 3.8) is 0 Å². The second-order valence-corrected chi connectivity index (χ2v) is 7.48. The van der Waals surface area contributed by atoms with Crippen molar-refractivity contribution in [3.05, 3.63) is 53.7 Å². The third-order valence-electron chi connectivity index (χ3n) is 3.29. The standard InChI is InChI=1S/C19H21BrN2O4.BrH/c1-19(2,3)26-18(24)22-15-11-12(8-9-21-15)16(20)17(23)13-6-5-7-14(10-13)25-4;/h5-11,16H,1-4H3,(H,21,22,24);1H. The Labute approximate surface area is 177 Å². The second kappa shape index (κ2) is 9.85. The number of rotatable bonds is 5. The number of alkyl halides is 1. The number of hydrogen-bond donors (Lipinski definition) is 1. The Hall–Kier alpha value is -1.93. The number of benzene rings is 1. The van der Waals surface area contributed by atoms with Crippen LogP contribution in [0.1, 0.15) is 41.5 Å². The van der Waals surface area contributed by atoms with E-state index >= 15 is 0 Å². The van der Waals surface area contributed by atoms with Crippen LogP contribution in [0.2, 0.25) is 0 Å². The number of carbonyl (C=O) groups is 2. The Morgan fingerprint density at radius 3 is 2.52 bits per heavy atom. The lowest BCUT2D eigenvalue weighted by Crippen LogP contribution is -2.27. The third kappa shape index (κ3) is 6.95. The highest BCUT2D eigenvalue weighted by molar-refractivity contribution is 9.09. The van der Waals surface area contributed by atoms with Gasteiger partial charge in [0.25, 0.3) is 0 Å². The predicted octanol–water partition coefficient (Wildman–Crippen LogP) is 5.33. The summed E-state index contributed by atoms with van der Waals surface area (Å²) >= 11 is 3.42. The number of ketones is 1. The fraction of sp³-hybridized carbons (Fsp3) is 0.316. The molecule has 1 N–H and O–H groups in total. The average molecular weight is 502 g/mol. The molecule has 1 aromatic heterocycles. The van der Waals surface area contributed by atoms with Crippen molar-refractivity contribution in [1.29, 1.82) is 0 Å². The average Bonchev–Trinajstić information content (AvgIpc) is 2.59. The van der Waals surface area contributed by atoms with Crippen molar-refractivity contribution in [2.75, 3.05) is 12.4 Å². The molecule has 0 saturated heterocycles. The van der Waals surface area contributed by atoms with Gasteiger partial charge in [0.05, 0.1) is 7.11 Å². The van der Waals surface area contributed by atoms with Crippen LogP contribution in [-0.2, 0) is 4.74 Å². The molecule has 2 aromatic rings. The van der Waals surface area contributed by atoms with Crippen molar-refractivity contribution >= 4 is 50.6 Å². The Bertz CT molecular complexity index is 806. The first-order valence-corrected chi connectivity index (χ1v) is 8.89. The van der Waals surface area contributed by atoms with Crippen LogP contribution in [-0.4, -0.2) is 29.6 Å². The van der Waals surface area contributed by atoms with Gasteiger partial charge in [-0.2, -0.15) is 0 Å². The number of pyridine rings is 1. The summed E-state index contributed by atoms with van der Waals surface area (Å²) in [6.45, 7) is 5.33. The molecule has 1 unspecified atom stereocenters. The van der Waals surface area contributed by atoms with Crippen LogP contribution in [0.25, 0.3) is 0 Å². The summed E-state index contributed by atoms with van der Waals surface area (Å²) < 4.78 is 10.4. The molecule has 1 aromatic carbocycles. The van der Waals surface area contributed by atoms with Crippen LogP contribution in [0, 0.1) is 0 Å². The van der Waals surface area contributed by atoms with E-state index in [4.69, 9.17) is 9.47 Å². The molecule has 1 amide bonds. The van der Waals surface area contributed by atoms with E-state index in [0.717, 1.165) is 0 Å². The maximum atomic E-state index is 12.7. The molecule has 0 bridgehead atoms. The van der Waals surface area contributed by atoms with Crippen molar-refractivity contribution in [1.82, 2.24) is 4.98 Å². The smallest absolute Gasteiger partial charge is 0.413 e. The van der Waals surface area contributed by atoms with Gasteiger partial charge in [0.1, 0.15) is 22.0 Å². The first kappa shape index (κ1) is 23.1. The Morgan fingerprint density at radius 2 is 1.89 bits per heavy atom. The number of carbonyl (C=O) groups excluding carboxylic acids is 2. The minimum absolute atomic E-state index is 0. The number of methoxy groups -OCH3 is 1. The van der Waals surface area contributed by atoms with Gasteiger partial charge in [0.15, 0.2) is 5.78 Å². The van der Waals surface area contributed by atoms with Gasteiger partial charge in [-0.05, 0) is 50.6 Å². The van der Waals surface area contributed by atoms with E-state index in [-0.39, 0.29) is 22.8 Å². The highest BCUT2D eigenvalue weighted by atomic mass is 79.9. The van der Waals surface area contributed by atoms with Gasteiger partial charge in [-0.1, -0.05) is 28.1 Å². The predicted molar refractivity (Wildman–Crippen MR) is 113 cm³/mol. The summed E-state index contributed by atoms with van der Waals surface area (Å²) in [5.41, 5.74) is 0.575. The zero-order valence-electron chi connectivity index (χ0n) is 15.5. The minimum Gasteiger partial charge on any atom is -0.497 e. The monoisotopic (exact) mass is 500 g/mol. The largest absolute Gasteiger partial charge is 0.497 e. The molecule has 2 rings (SSSR count). The molecular weight excluding hydrogens is 480 g/mol. The maximum absolute atomic E-state index is 12.7. The summed E-state index contributed by atoms with van der Waals surface area (Å²) in [5, 5.41) is 2.57. The zero-order chi connectivity index (χ0) is 19.3. The molecule has 146 valence electrons. The van der Waals surface area contributed by atoms with E-state index in [1.807, 2.05) is 0 Å². The molecule has 0 aliphatic heterocycles. The van der Waals surface area contributed by atoms with Crippen LogP contribution < -0.4 is 10.1 Å². The Morgan fingerprint density at radius 1 is 1.19 bits per heavy atom. The van der Waals surface area contributed by atoms with Gasteiger partial charge >= 0.3 is 6.09 Å². The summed E-state index contributed by atoms with van der Waals surface area (Å²) in [7, 11) is 1.55. The van der Waals surface area contributed by atoms with Gasteiger partial charge in [-0.25, -0.2) is 9.78 Å². The Balaban J connectivity index is 0.00000364. The SMILES string of the molecule is Br.COc1cccc(C(=O)C(Br)c2ccnc(NC(=O)OC(C)(C)C)c2)c1. The Kier molecular flexibility index (Phi) is 8.43. The van der Waals surface area contributed by atoms with Crippen LogP contribution in [0.15, 0.2) is 42.6 Å². The van der Waals surface area contributed by atoms with Gasteiger partial charge in [-0.3, -0.25) is 10.1 Å². The molecule has 6 nitrogen and oxygen atoms in total. The van der Waals surface area contributed by atoms with Crippen molar-refractivity contribution in [2.24, 2.45) is 0 Å². The summed E-state index contributed by atoms with van der Waals surface area (Å²) in [4.78, 5) is 28.1. The zero-order valence-corrected chi connectivity index (χ0v) is 18.8. The number of aromatic nitrogens is 1. The quantitative estimate of drug-likeness (QED) is 0.442. The number of nitrogens with one attached hydrogen (secondary N) is 1. The van der Waals surface area contributed by atoms with Gasteiger partial charge < -0.3 is 9.47 Å². The summed E-state index contributed by atoms with van der Waals surface area (Å²) in [6.07, 6.45) is 0.919. The number of ether oxygens (including phenoxy) is 2. The van der Waals surface area contributed by atoms with Crippen molar-refractivity contribution < 1.29 is 19.1 Å². The fourth-order valence-electron chi connectivity index (χ4n) is 2.16.